The topological polar surface area (TPSA) is 40.5 Å². The van der Waals surface area contributed by atoms with E-state index in [0.717, 1.165) is 12.8 Å². The van der Waals surface area contributed by atoms with Gasteiger partial charge in [0.25, 0.3) is 0 Å². The maximum absolute atomic E-state index is 12.6. The van der Waals surface area contributed by atoms with E-state index >= 15 is 0 Å². The van der Waals surface area contributed by atoms with Gasteiger partial charge in [-0.2, -0.15) is 13.2 Å². The second-order valence-corrected chi connectivity index (χ2v) is 6.82. The first-order chi connectivity index (χ1) is 8.95. The number of aliphatic hydroxyl groups is 1. The molecule has 0 aromatic carbocycles. The van der Waals surface area contributed by atoms with Crippen LogP contribution in [0.3, 0.4) is 0 Å². The largest absolute Gasteiger partial charge is 0.417 e. The number of alkyl halides is 3. The summed E-state index contributed by atoms with van der Waals surface area (Å²) in [5, 5.41) is 9.53. The Morgan fingerprint density at radius 3 is 2.10 bits per heavy atom. The fraction of sp³-hybridized carbons (Fsp3) is 0.929. The van der Waals surface area contributed by atoms with E-state index < -0.39 is 24.6 Å². The van der Waals surface area contributed by atoms with Gasteiger partial charge in [0.1, 0.15) is 0 Å². The third kappa shape index (κ3) is 4.65. The van der Waals surface area contributed by atoms with Crippen molar-refractivity contribution in [2.45, 2.75) is 64.7 Å². The fourth-order valence-electron chi connectivity index (χ4n) is 2.34. The summed E-state index contributed by atoms with van der Waals surface area (Å²) in [7, 11) is 0. The van der Waals surface area contributed by atoms with Crippen molar-refractivity contribution < 1.29 is 23.1 Å². The predicted octanol–water partition coefficient (Wildman–Crippen LogP) is 3.12. The lowest BCUT2D eigenvalue weighted by Crippen LogP contribution is -2.54. The summed E-state index contributed by atoms with van der Waals surface area (Å²) < 4.78 is 37.9. The van der Waals surface area contributed by atoms with Crippen molar-refractivity contribution >= 4 is 5.91 Å². The summed E-state index contributed by atoms with van der Waals surface area (Å²) in [6, 6.07) is 0. The van der Waals surface area contributed by atoms with Crippen LogP contribution < -0.4 is 0 Å². The van der Waals surface area contributed by atoms with Gasteiger partial charge in [-0.05, 0) is 18.3 Å². The van der Waals surface area contributed by atoms with Crippen molar-refractivity contribution in [3.05, 3.63) is 0 Å². The summed E-state index contributed by atoms with van der Waals surface area (Å²) >= 11 is 0. The van der Waals surface area contributed by atoms with Crippen LogP contribution >= 0.6 is 0 Å². The zero-order valence-electron chi connectivity index (χ0n) is 12.4. The van der Waals surface area contributed by atoms with E-state index in [1.165, 1.54) is 4.90 Å². The molecule has 1 rings (SSSR count). The molecule has 118 valence electrons. The van der Waals surface area contributed by atoms with Crippen LogP contribution in [-0.2, 0) is 4.79 Å². The van der Waals surface area contributed by atoms with Crippen LogP contribution in [0.1, 0.15) is 52.9 Å². The van der Waals surface area contributed by atoms with Crippen molar-refractivity contribution in [3.63, 3.8) is 0 Å². The number of likely N-dealkylation sites (tertiary alicyclic amines) is 1. The average molecular weight is 295 g/mol. The zero-order valence-corrected chi connectivity index (χ0v) is 12.4. The minimum Gasteiger partial charge on any atom is -0.380 e. The Balaban J connectivity index is 2.40. The van der Waals surface area contributed by atoms with Gasteiger partial charge in [0.05, 0.1) is 0 Å². The van der Waals surface area contributed by atoms with E-state index in [1.807, 2.05) is 0 Å². The summed E-state index contributed by atoms with van der Waals surface area (Å²) in [6.45, 7) is 6.21. The first kappa shape index (κ1) is 17.3. The molecule has 1 heterocycles. The molecular weight excluding hydrogens is 271 g/mol. The Labute approximate surface area is 118 Å². The molecule has 1 N–H and O–H groups in total. The van der Waals surface area contributed by atoms with Gasteiger partial charge in [0.2, 0.25) is 5.91 Å². The minimum atomic E-state index is -4.62. The highest BCUT2D eigenvalue weighted by atomic mass is 19.4. The van der Waals surface area contributed by atoms with Gasteiger partial charge in [-0.1, -0.05) is 20.8 Å². The summed E-state index contributed by atoms with van der Waals surface area (Å²) in [4.78, 5) is 13.3. The van der Waals surface area contributed by atoms with Gasteiger partial charge >= 0.3 is 6.18 Å². The van der Waals surface area contributed by atoms with Crippen LogP contribution in [0.25, 0.3) is 0 Å². The smallest absolute Gasteiger partial charge is 0.380 e. The SMILES string of the molecule is CC(C)(C)CCCC(=O)N1CCC(O)(C(F)(F)F)CC1. The van der Waals surface area contributed by atoms with Crippen molar-refractivity contribution in [2.75, 3.05) is 13.1 Å². The molecule has 1 fully saturated rings. The molecule has 0 aromatic heterocycles. The van der Waals surface area contributed by atoms with Crippen LogP contribution in [0.15, 0.2) is 0 Å². The molecule has 1 aliphatic rings. The van der Waals surface area contributed by atoms with Crippen molar-refractivity contribution in [1.29, 1.82) is 0 Å². The molecule has 0 aromatic rings. The highest BCUT2D eigenvalue weighted by Crippen LogP contribution is 2.38. The number of carbonyl (C=O) groups excluding carboxylic acids is 1. The Hall–Kier alpha value is -0.780. The third-order valence-electron chi connectivity index (χ3n) is 3.79. The second-order valence-electron chi connectivity index (χ2n) is 6.82. The third-order valence-corrected chi connectivity index (χ3v) is 3.79. The van der Waals surface area contributed by atoms with Crippen molar-refractivity contribution in [2.24, 2.45) is 5.41 Å². The van der Waals surface area contributed by atoms with E-state index in [9.17, 15) is 23.1 Å². The van der Waals surface area contributed by atoms with Crippen molar-refractivity contribution in [3.8, 4) is 0 Å². The van der Waals surface area contributed by atoms with Gasteiger partial charge in [0, 0.05) is 32.4 Å². The van der Waals surface area contributed by atoms with E-state index in [2.05, 4.69) is 20.8 Å². The Morgan fingerprint density at radius 1 is 1.20 bits per heavy atom. The van der Waals surface area contributed by atoms with Crippen LogP contribution in [-0.4, -0.2) is 40.8 Å². The van der Waals surface area contributed by atoms with Crippen LogP contribution in [0, 0.1) is 5.41 Å². The molecule has 0 spiro atoms. The van der Waals surface area contributed by atoms with Gasteiger partial charge in [-0.3, -0.25) is 4.79 Å². The minimum absolute atomic E-state index is 0.0235. The summed E-state index contributed by atoms with van der Waals surface area (Å²) in [6.07, 6.45) is -3.47. The first-order valence-electron chi connectivity index (χ1n) is 7.01. The predicted molar refractivity (Wildman–Crippen MR) is 70.1 cm³/mol. The lowest BCUT2D eigenvalue weighted by Gasteiger charge is -2.39. The molecule has 0 bridgehead atoms. The molecule has 1 amide bonds. The lowest BCUT2D eigenvalue weighted by atomic mass is 9.89. The Morgan fingerprint density at radius 2 is 1.70 bits per heavy atom. The van der Waals surface area contributed by atoms with Gasteiger partial charge < -0.3 is 10.0 Å². The first-order valence-corrected chi connectivity index (χ1v) is 7.01. The second kappa shape index (κ2) is 5.92. The maximum atomic E-state index is 12.6. The Bertz CT molecular complexity index is 339. The molecule has 3 nitrogen and oxygen atoms in total. The standard InChI is InChI=1S/C14H24F3NO2/c1-12(2,3)6-4-5-11(19)18-9-7-13(20,8-10-18)14(15,16)17/h20H,4-10H2,1-3H3. The number of rotatable bonds is 3. The molecule has 0 radical (unpaired) electrons. The number of hydrogen-bond donors (Lipinski definition) is 1. The van der Waals surface area contributed by atoms with Crippen LogP contribution in [0.5, 0.6) is 0 Å². The highest BCUT2D eigenvalue weighted by molar-refractivity contribution is 5.76. The fourth-order valence-corrected chi connectivity index (χ4v) is 2.34. The molecule has 20 heavy (non-hydrogen) atoms. The maximum Gasteiger partial charge on any atom is 0.417 e. The molecule has 0 aliphatic carbocycles. The average Bonchev–Trinajstić information content (AvgIpc) is 2.26. The number of amides is 1. The monoisotopic (exact) mass is 295 g/mol. The highest BCUT2D eigenvalue weighted by Gasteiger charge is 2.54. The Kier molecular flexibility index (Phi) is 5.11. The quantitative estimate of drug-likeness (QED) is 0.869. The molecule has 0 unspecified atom stereocenters. The van der Waals surface area contributed by atoms with Gasteiger partial charge in [-0.15, -0.1) is 0 Å². The van der Waals surface area contributed by atoms with E-state index in [0.29, 0.717) is 6.42 Å². The van der Waals surface area contributed by atoms with Crippen LogP contribution in [0.2, 0.25) is 0 Å². The number of carbonyl (C=O) groups is 1. The molecule has 6 heteroatoms. The van der Waals surface area contributed by atoms with E-state index in [-0.39, 0.29) is 24.4 Å². The lowest BCUT2D eigenvalue weighted by molar-refractivity contribution is -0.272. The number of piperidine rings is 1. The van der Waals surface area contributed by atoms with Gasteiger partial charge in [0.15, 0.2) is 5.60 Å². The summed E-state index contributed by atoms with van der Waals surface area (Å²) in [5.74, 6) is -0.113. The molecule has 1 saturated heterocycles. The number of halogens is 3. The molecule has 1 aliphatic heterocycles. The number of nitrogens with zero attached hydrogens (tertiary/aromatic N) is 1. The molecular formula is C14H24F3NO2. The number of hydrogen-bond acceptors (Lipinski definition) is 2. The molecule has 0 atom stereocenters. The van der Waals surface area contributed by atoms with Crippen molar-refractivity contribution in [1.82, 2.24) is 4.90 Å². The van der Waals surface area contributed by atoms with E-state index in [1.54, 1.807) is 0 Å². The van der Waals surface area contributed by atoms with Gasteiger partial charge in [-0.25, -0.2) is 0 Å². The van der Waals surface area contributed by atoms with Crippen LogP contribution in [0.4, 0.5) is 13.2 Å². The normalized spacial score (nSPS) is 20.1. The molecule has 0 saturated carbocycles. The zero-order chi connectivity index (χ0) is 15.6. The summed E-state index contributed by atoms with van der Waals surface area (Å²) in [5.41, 5.74) is -2.48. The van der Waals surface area contributed by atoms with E-state index in [4.69, 9.17) is 0 Å².